The van der Waals surface area contributed by atoms with Crippen LogP contribution >= 0.6 is 0 Å². The van der Waals surface area contributed by atoms with Gasteiger partial charge in [0, 0.05) is 19.1 Å². The maximum absolute atomic E-state index is 13.1. The number of carbonyl (C=O) groups excluding carboxylic acids is 2. The molecule has 1 amide bonds. The van der Waals surface area contributed by atoms with Gasteiger partial charge in [0.2, 0.25) is 5.91 Å². The Morgan fingerprint density at radius 3 is 2.21 bits per heavy atom. The number of ether oxygens (including phenoxy) is 3. The first-order chi connectivity index (χ1) is 15.6. The van der Waals surface area contributed by atoms with Gasteiger partial charge in [0.15, 0.2) is 6.29 Å². The van der Waals surface area contributed by atoms with E-state index < -0.39 is 35.9 Å². The van der Waals surface area contributed by atoms with Gasteiger partial charge in [0.05, 0.1) is 18.5 Å². The standard InChI is InChI=1S/C26H38N2O5/c1-7-31-25(32-8-2)17(3)23(20-15-11-13-18-12-9-10-14-19(18)20)28-24(30)21(27)16-22(29)33-26(4,5)6/h9-15,17,21,23,25H,7-8,16,27H2,1-6H3,(H,28,30)/t17-,21?,23-/m0/s1. The van der Waals surface area contributed by atoms with E-state index in [1.54, 1.807) is 20.8 Å². The molecule has 0 heterocycles. The molecule has 1 unspecified atom stereocenters. The van der Waals surface area contributed by atoms with Crippen molar-refractivity contribution in [2.75, 3.05) is 13.2 Å². The maximum Gasteiger partial charge on any atom is 0.308 e. The van der Waals surface area contributed by atoms with E-state index in [9.17, 15) is 9.59 Å². The van der Waals surface area contributed by atoms with Crippen LogP contribution in [0.25, 0.3) is 10.8 Å². The van der Waals surface area contributed by atoms with Gasteiger partial charge < -0.3 is 25.3 Å². The summed E-state index contributed by atoms with van der Waals surface area (Å²) >= 11 is 0. The molecule has 33 heavy (non-hydrogen) atoms. The zero-order chi connectivity index (χ0) is 24.6. The number of fused-ring (bicyclic) bond motifs is 1. The van der Waals surface area contributed by atoms with Crippen LogP contribution in [-0.4, -0.2) is 43.0 Å². The molecular formula is C26H38N2O5. The second-order valence-corrected chi connectivity index (χ2v) is 9.09. The third-order valence-corrected chi connectivity index (χ3v) is 5.22. The van der Waals surface area contributed by atoms with Crippen molar-refractivity contribution in [3.8, 4) is 0 Å². The van der Waals surface area contributed by atoms with E-state index in [1.165, 1.54) is 0 Å². The molecule has 7 nitrogen and oxygen atoms in total. The zero-order valence-electron chi connectivity index (χ0n) is 20.6. The first-order valence-corrected chi connectivity index (χ1v) is 11.6. The molecule has 3 N–H and O–H groups in total. The van der Waals surface area contributed by atoms with Crippen LogP contribution in [0.3, 0.4) is 0 Å². The van der Waals surface area contributed by atoms with Gasteiger partial charge in [-0.1, -0.05) is 49.4 Å². The van der Waals surface area contributed by atoms with Crippen LogP contribution in [0.15, 0.2) is 42.5 Å². The van der Waals surface area contributed by atoms with Crippen LogP contribution in [0.2, 0.25) is 0 Å². The Balaban J connectivity index is 2.34. The van der Waals surface area contributed by atoms with Gasteiger partial charge in [-0.15, -0.1) is 0 Å². The smallest absolute Gasteiger partial charge is 0.308 e. The fourth-order valence-corrected chi connectivity index (χ4v) is 3.77. The molecule has 2 aromatic rings. The summed E-state index contributed by atoms with van der Waals surface area (Å²) < 4.78 is 17.0. The second-order valence-electron chi connectivity index (χ2n) is 9.09. The molecule has 0 saturated heterocycles. The van der Waals surface area contributed by atoms with Crippen molar-refractivity contribution >= 4 is 22.6 Å². The highest BCUT2D eigenvalue weighted by Gasteiger charge is 2.32. The Kier molecular flexibility index (Phi) is 9.83. The third-order valence-electron chi connectivity index (χ3n) is 5.22. The number of rotatable bonds is 11. The molecule has 0 aliphatic rings. The lowest BCUT2D eigenvalue weighted by Crippen LogP contribution is -2.47. The largest absolute Gasteiger partial charge is 0.460 e. The predicted octanol–water partition coefficient (Wildman–Crippen LogP) is 4.09. The van der Waals surface area contributed by atoms with E-state index in [0.717, 1.165) is 16.3 Å². The summed E-state index contributed by atoms with van der Waals surface area (Å²) in [4.78, 5) is 25.3. The first-order valence-electron chi connectivity index (χ1n) is 11.6. The average Bonchev–Trinajstić information content (AvgIpc) is 2.75. The topological polar surface area (TPSA) is 99.9 Å². The summed E-state index contributed by atoms with van der Waals surface area (Å²) in [6, 6.07) is 12.5. The molecule has 0 radical (unpaired) electrons. The maximum atomic E-state index is 13.1. The van der Waals surface area contributed by atoms with Crippen LogP contribution in [0.1, 0.15) is 59.6 Å². The summed E-state index contributed by atoms with van der Waals surface area (Å²) in [6.45, 7) is 12.1. The molecule has 182 valence electrons. The predicted molar refractivity (Wildman–Crippen MR) is 129 cm³/mol. The molecule has 0 aromatic heterocycles. The van der Waals surface area contributed by atoms with Crippen LogP contribution in [0.5, 0.6) is 0 Å². The Labute approximate surface area is 197 Å². The molecule has 2 aromatic carbocycles. The van der Waals surface area contributed by atoms with Crippen molar-refractivity contribution in [1.82, 2.24) is 5.32 Å². The summed E-state index contributed by atoms with van der Waals surface area (Å²) in [5, 5.41) is 5.14. The minimum Gasteiger partial charge on any atom is -0.460 e. The Hall–Kier alpha value is -2.48. The summed E-state index contributed by atoms with van der Waals surface area (Å²) in [5.41, 5.74) is 6.38. The van der Waals surface area contributed by atoms with E-state index in [-0.39, 0.29) is 12.3 Å². The lowest BCUT2D eigenvalue weighted by Gasteiger charge is -2.33. The molecule has 7 heteroatoms. The number of hydrogen-bond donors (Lipinski definition) is 2. The van der Waals surface area contributed by atoms with Gasteiger partial charge in [-0.05, 0) is 51.0 Å². The van der Waals surface area contributed by atoms with E-state index >= 15 is 0 Å². The van der Waals surface area contributed by atoms with Crippen molar-refractivity contribution in [1.29, 1.82) is 0 Å². The number of hydrogen-bond acceptors (Lipinski definition) is 6. The van der Waals surface area contributed by atoms with E-state index in [1.807, 2.05) is 63.2 Å². The SMILES string of the molecule is CCOC(OCC)[C@@H](C)[C@H](NC(=O)C(N)CC(=O)OC(C)(C)C)c1cccc2ccccc12. The highest BCUT2D eigenvalue weighted by molar-refractivity contribution is 5.89. The number of esters is 1. The van der Waals surface area contributed by atoms with E-state index in [4.69, 9.17) is 19.9 Å². The number of nitrogens with two attached hydrogens (primary N) is 1. The monoisotopic (exact) mass is 458 g/mol. The quantitative estimate of drug-likeness (QED) is 0.389. The normalized spacial score (nSPS) is 14.7. The van der Waals surface area contributed by atoms with Gasteiger partial charge in [-0.2, -0.15) is 0 Å². The van der Waals surface area contributed by atoms with Gasteiger partial charge in [-0.25, -0.2) is 0 Å². The van der Waals surface area contributed by atoms with Gasteiger partial charge in [-0.3, -0.25) is 9.59 Å². The van der Waals surface area contributed by atoms with Crippen molar-refractivity contribution in [2.24, 2.45) is 11.7 Å². The molecule has 0 fully saturated rings. The van der Waals surface area contributed by atoms with Crippen molar-refractivity contribution in [3.05, 3.63) is 48.0 Å². The molecule has 0 aliphatic heterocycles. The van der Waals surface area contributed by atoms with Gasteiger partial charge >= 0.3 is 5.97 Å². The molecule has 3 atom stereocenters. The highest BCUT2D eigenvalue weighted by Crippen LogP contribution is 2.32. The number of carbonyl (C=O) groups is 2. The van der Waals surface area contributed by atoms with Crippen LogP contribution in [0.4, 0.5) is 0 Å². The molecular weight excluding hydrogens is 420 g/mol. The van der Waals surface area contributed by atoms with Crippen molar-refractivity contribution in [3.63, 3.8) is 0 Å². The minimum absolute atomic E-state index is 0.208. The highest BCUT2D eigenvalue weighted by atomic mass is 16.7. The van der Waals surface area contributed by atoms with Crippen LogP contribution in [0, 0.1) is 5.92 Å². The number of amides is 1. The lowest BCUT2D eigenvalue weighted by molar-refractivity contribution is -0.170. The molecule has 2 rings (SSSR count). The minimum atomic E-state index is -1.04. The molecule has 0 aliphatic carbocycles. The number of benzene rings is 2. The first kappa shape index (κ1) is 26.8. The molecule has 0 spiro atoms. The van der Waals surface area contributed by atoms with E-state index in [0.29, 0.717) is 13.2 Å². The average molecular weight is 459 g/mol. The van der Waals surface area contributed by atoms with E-state index in [2.05, 4.69) is 5.32 Å². The Morgan fingerprint density at radius 2 is 1.61 bits per heavy atom. The molecule has 0 bridgehead atoms. The second kappa shape index (κ2) is 12.1. The lowest BCUT2D eigenvalue weighted by atomic mass is 9.89. The zero-order valence-corrected chi connectivity index (χ0v) is 20.6. The van der Waals surface area contributed by atoms with Crippen LogP contribution < -0.4 is 11.1 Å². The van der Waals surface area contributed by atoms with Crippen molar-refractivity contribution < 1.29 is 23.8 Å². The summed E-state index contributed by atoms with van der Waals surface area (Å²) in [5.74, 6) is -1.17. The van der Waals surface area contributed by atoms with Gasteiger partial charge in [0.1, 0.15) is 5.60 Å². The van der Waals surface area contributed by atoms with Crippen molar-refractivity contribution in [2.45, 2.75) is 71.9 Å². The van der Waals surface area contributed by atoms with Gasteiger partial charge in [0.25, 0.3) is 0 Å². The number of nitrogens with one attached hydrogen (secondary N) is 1. The Morgan fingerprint density at radius 1 is 1.00 bits per heavy atom. The summed E-state index contributed by atoms with van der Waals surface area (Å²) in [6.07, 6.45) is -0.730. The summed E-state index contributed by atoms with van der Waals surface area (Å²) in [7, 11) is 0. The Bertz CT molecular complexity index is 913. The van der Waals surface area contributed by atoms with Crippen LogP contribution in [-0.2, 0) is 23.8 Å². The molecule has 0 saturated carbocycles. The fourth-order valence-electron chi connectivity index (χ4n) is 3.77. The fraction of sp³-hybridized carbons (Fsp3) is 0.538. The third kappa shape index (κ3) is 7.81.